The lowest BCUT2D eigenvalue weighted by Gasteiger charge is -2.26. The third-order valence-corrected chi connectivity index (χ3v) is 8.40. The fourth-order valence-electron chi connectivity index (χ4n) is 5.70. The highest BCUT2D eigenvalue weighted by molar-refractivity contribution is 6.38. The van der Waals surface area contributed by atoms with Crippen molar-refractivity contribution in [2.24, 2.45) is 0 Å². The van der Waals surface area contributed by atoms with Crippen LogP contribution in [0, 0.1) is 11.8 Å². The van der Waals surface area contributed by atoms with Gasteiger partial charge in [0.25, 0.3) is 11.8 Å². The molecule has 4 amide bonds. The average molecular weight is 696 g/mol. The fraction of sp³-hybridized carbons (Fsp3) is 0.171. The summed E-state index contributed by atoms with van der Waals surface area (Å²) in [7, 11) is 0. The fourth-order valence-corrected chi connectivity index (χ4v) is 5.70. The second kappa shape index (κ2) is 16.3. The molecule has 2 aliphatic rings. The third kappa shape index (κ3) is 8.14. The summed E-state index contributed by atoms with van der Waals surface area (Å²) < 4.78 is 10.6. The Morgan fingerprint density at radius 3 is 1.77 bits per heavy atom. The lowest BCUT2D eigenvalue weighted by atomic mass is 10.0. The highest BCUT2D eigenvalue weighted by Crippen LogP contribution is 2.27. The second-order valence-electron chi connectivity index (χ2n) is 11.9. The van der Waals surface area contributed by atoms with Crippen LogP contribution in [0.4, 0.5) is 5.69 Å². The Balaban J connectivity index is 1.08. The predicted molar refractivity (Wildman–Crippen MR) is 189 cm³/mol. The molecule has 1 N–H and O–H groups in total. The van der Waals surface area contributed by atoms with Gasteiger partial charge in [0, 0.05) is 37.1 Å². The molecule has 0 saturated heterocycles. The van der Waals surface area contributed by atoms with Gasteiger partial charge in [0.2, 0.25) is 11.8 Å². The number of hydrogen-bond donors (Lipinski definition) is 1. The lowest BCUT2D eigenvalue weighted by Crippen LogP contribution is -2.38. The first kappa shape index (κ1) is 35.0. The number of para-hydroxylation sites is 1. The molecule has 4 aromatic carbocycles. The number of imide groups is 1. The van der Waals surface area contributed by atoms with Gasteiger partial charge in [-0.05, 0) is 34.9 Å². The molecule has 11 nitrogen and oxygen atoms in total. The number of carbonyl (C=O) groups is 6. The Kier molecular flexibility index (Phi) is 11.0. The Labute approximate surface area is 299 Å². The van der Waals surface area contributed by atoms with Gasteiger partial charge in [-0.15, -0.1) is 0 Å². The van der Waals surface area contributed by atoms with Gasteiger partial charge >= 0.3 is 11.9 Å². The summed E-state index contributed by atoms with van der Waals surface area (Å²) in [5.41, 5.74) is 2.82. The molecule has 2 aliphatic heterocycles. The monoisotopic (exact) mass is 695 g/mol. The molecule has 2 heterocycles. The molecule has 0 fully saturated rings. The van der Waals surface area contributed by atoms with Crippen LogP contribution >= 0.6 is 0 Å². The number of benzene rings is 4. The number of hydrogen-bond acceptors (Lipinski definition) is 8. The molecule has 0 saturated carbocycles. The normalized spacial score (nSPS) is 13.2. The Bertz CT molecular complexity index is 2060. The van der Waals surface area contributed by atoms with E-state index in [1.807, 2.05) is 48.5 Å². The molecule has 0 aliphatic carbocycles. The molecular formula is C41H33N3O8. The summed E-state index contributed by atoms with van der Waals surface area (Å²) in [4.78, 5) is 81.9. The van der Waals surface area contributed by atoms with Gasteiger partial charge in [-0.1, -0.05) is 103 Å². The van der Waals surface area contributed by atoms with Gasteiger partial charge in [0.1, 0.15) is 24.4 Å². The van der Waals surface area contributed by atoms with Crippen molar-refractivity contribution >= 4 is 41.3 Å². The zero-order valence-electron chi connectivity index (χ0n) is 28.0. The van der Waals surface area contributed by atoms with Gasteiger partial charge in [-0.25, -0.2) is 9.59 Å². The number of nitrogens with one attached hydrogen (secondary N) is 1. The van der Waals surface area contributed by atoms with E-state index in [0.717, 1.165) is 11.1 Å². The molecule has 0 radical (unpaired) electrons. The van der Waals surface area contributed by atoms with Crippen LogP contribution in [0.2, 0.25) is 0 Å². The summed E-state index contributed by atoms with van der Waals surface area (Å²) in [6.07, 6.45) is -0.381. The van der Waals surface area contributed by atoms with Crippen molar-refractivity contribution in [3.63, 3.8) is 0 Å². The smallest absolute Gasteiger partial charge is 0.345 e. The van der Waals surface area contributed by atoms with E-state index in [-0.39, 0.29) is 38.5 Å². The molecule has 6 rings (SSSR count). The number of rotatable bonds is 12. The maximum Gasteiger partial charge on any atom is 0.345 e. The third-order valence-electron chi connectivity index (χ3n) is 8.40. The summed E-state index contributed by atoms with van der Waals surface area (Å²) >= 11 is 0. The van der Waals surface area contributed by atoms with Gasteiger partial charge in [-0.2, -0.15) is 0 Å². The van der Waals surface area contributed by atoms with E-state index in [0.29, 0.717) is 33.8 Å². The number of ether oxygens (including phenoxy) is 2. The van der Waals surface area contributed by atoms with Crippen LogP contribution in [-0.2, 0) is 58.0 Å². The van der Waals surface area contributed by atoms with Crippen molar-refractivity contribution in [1.82, 2.24) is 10.2 Å². The number of esters is 2. The zero-order valence-corrected chi connectivity index (χ0v) is 28.0. The molecule has 0 aromatic heterocycles. The molecule has 260 valence electrons. The first-order valence-electron chi connectivity index (χ1n) is 16.6. The second-order valence-corrected chi connectivity index (χ2v) is 11.9. The van der Waals surface area contributed by atoms with Crippen molar-refractivity contribution in [2.75, 3.05) is 18.0 Å². The van der Waals surface area contributed by atoms with Crippen molar-refractivity contribution in [2.45, 2.75) is 32.6 Å². The van der Waals surface area contributed by atoms with E-state index in [4.69, 9.17) is 9.47 Å². The Hall–Kier alpha value is -6.80. The summed E-state index contributed by atoms with van der Waals surface area (Å²) in [6, 6.07) is 32.3. The van der Waals surface area contributed by atoms with E-state index in [1.54, 1.807) is 65.6 Å². The van der Waals surface area contributed by atoms with Crippen molar-refractivity contribution in [3.05, 3.63) is 148 Å². The number of carbonyl (C=O) groups excluding carboxylic acids is 6. The molecule has 0 spiro atoms. The average Bonchev–Trinajstić information content (AvgIpc) is 3.42. The maximum atomic E-state index is 13.5. The first-order valence-corrected chi connectivity index (χ1v) is 16.6. The van der Waals surface area contributed by atoms with E-state index >= 15 is 0 Å². The van der Waals surface area contributed by atoms with Crippen molar-refractivity contribution < 1.29 is 38.2 Å². The largest absolute Gasteiger partial charge is 0.457 e. The molecule has 4 aromatic rings. The topological polar surface area (TPSA) is 139 Å². The molecule has 0 atom stereocenters. The summed E-state index contributed by atoms with van der Waals surface area (Å²) in [6.45, 7) is -0.565. The molecular weight excluding hydrogens is 662 g/mol. The van der Waals surface area contributed by atoms with Gasteiger partial charge in [0.15, 0.2) is 0 Å². The quantitative estimate of drug-likeness (QED) is 0.102. The highest BCUT2D eigenvalue weighted by Gasteiger charge is 2.46. The van der Waals surface area contributed by atoms with Gasteiger partial charge in [-0.3, -0.25) is 24.1 Å². The van der Waals surface area contributed by atoms with E-state index < -0.39 is 47.4 Å². The first-order chi connectivity index (χ1) is 25.3. The zero-order chi connectivity index (χ0) is 36.5. The van der Waals surface area contributed by atoms with Crippen LogP contribution in [0.1, 0.15) is 40.7 Å². The molecule has 11 heteroatoms. The molecule has 0 bridgehead atoms. The molecule has 0 unspecified atom stereocenters. The minimum atomic E-state index is -1.17. The predicted octanol–water partition coefficient (Wildman–Crippen LogP) is 3.98. The van der Waals surface area contributed by atoms with E-state index in [2.05, 4.69) is 17.2 Å². The number of anilines is 1. The number of fused-ring (bicyclic) bond motifs is 2. The van der Waals surface area contributed by atoms with Crippen molar-refractivity contribution in [3.8, 4) is 11.8 Å². The standard InChI is InChI=1S/C41H33N3O8/c45-34(42-23-21-35(46)44-25-32-17-8-7-15-30(32)19-20-31-16-9-10-18-33(31)44)22-24-43-38(47)36(40(49)51-26-28-11-3-1-4-12-28)37(39(43)48)41(50)52-27-29-13-5-2-6-14-29/h1-18H,21-27H2,(H,42,45). The van der Waals surface area contributed by atoms with Crippen LogP contribution in [0.5, 0.6) is 0 Å². The van der Waals surface area contributed by atoms with Crippen LogP contribution in [0.25, 0.3) is 0 Å². The van der Waals surface area contributed by atoms with Crippen LogP contribution < -0.4 is 10.2 Å². The van der Waals surface area contributed by atoms with Crippen LogP contribution in [0.3, 0.4) is 0 Å². The highest BCUT2D eigenvalue weighted by atomic mass is 16.5. The van der Waals surface area contributed by atoms with Gasteiger partial charge in [0.05, 0.1) is 12.2 Å². The Morgan fingerprint density at radius 1 is 0.635 bits per heavy atom. The minimum absolute atomic E-state index is 0.0159. The van der Waals surface area contributed by atoms with Crippen molar-refractivity contribution in [1.29, 1.82) is 0 Å². The summed E-state index contributed by atoms with van der Waals surface area (Å²) in [5.74, 6) is 1.05. The van der Waals surface area contributed by atoms with Gasteiger partial charge < -0.3 is 19.7 Å². The summed E-state index contributed by atoms with van der Waals surface area (Å²) in [5, 5.41) is 2.66. The van der Waals surface area contributed by atoms with Crippen LogP contribution in [0.15, 0.2) is 120 Å². The van der Waals surface area contributed by atoms with E-state index in [9.17, 15) is 28.8 Å². The lowest BCUT2D eigenvalue weighted by molar-refractivity contribution is -0.144. The number of amides is 4. The van der Waals surface area contributed by atoms with Crippen LogP contribution in [-0.4, -0.2) is 53.6 Å². The maximum absolute atomic E-state index is 13.5. The minimum Gasteiger partial charge on any atom is -0.457 e. The SMILES string of the molecule is O=C(CCN1C(=O)C(C(=O)OCc2ccccc2)=C(C(=O)OCc2ccccc2)C1=O)NCCC(=O)N1Cc2ccccc2C#Cc2ccccc21. The van der Waals surface area contributed by atoms with E-state index in [1.165, 1.54) is 0 Å². The Morgan fingerprint density at radius 2 is 1.15 bits per heavy atom. The molecule has 52 heavy (non-hydrogen) atoms. The number of nitrogens with zero attached hydrogens (tertiary/aromatic N) is 2.